The topological polar surface area (TPSA) is 17.8 Å². The average molecular weight is 156 g/mol. The molecule has 12 heavy (non-hydrogen) atoms. The number of benzene rings is 1. The van der Waals surface area contributed by atoms with E-state index in [0.717, 1.165) is 5.69 Å². The summed E-state index contributed by atoms with van der Waals surface area (Å²) in [5, 5.41) is 4.16. The molecule has 0 atom stereocenters. The van der Waals surface area contributed by atoms with Crippen molar-refractivity contribution in [3.05, 3.63) is 42.7 Å². The Kier molecular flexibility index (Phi) is 1.70. The van der Waals surface area contributed by atoms with E-state index in [2.05, 4.69) is 25.1 Å². The number of hydrogen-bond donors (Lipinski definition) is 0. The summed E-state index contributed by atoms with van der Waals surface area (Å²) in [5.41, 5.74) is 2.38. The zero-order chi connectivity index (χ0) is 8.39. The summed E-state index contributed by atoms with van der Waals surface area (Å²) in [4.78, 5) is 0. The second-order valence-electron chi connectivity index (χ2n) is 2.74. The molecule has 0 aliphatic rings. The molecular formula is C9H9BN2. The largest absolute Gasteiger partial charge is 0.242 e. The Balaban J connectivity index is 2.55. The summed E-state index contributed by atoms with van der Waals surface area (Å²) in [7, 11) is 2.08. The molecule has 2 aromatic rings. The average Bonchev–Trinajstić information content (AvgIpc) is 2.57. The van der Waals surface area contributed by atoms with Gasteiger partial charge in [-0.15, -0.1) is 0 Å². The monoisotopic (exact) mass is 156 g/mol. The zero-order valence-electron chi connectivity index (χ0n) is 6.94. The van der Waals surface area contributed by atoms with Crippen molar-refractivity contribution in [2.75, 3.05) is 0 Å². The predicted octanol–water partition coefficient (Wildman–Crippen LogP) is 0.131. The van der Waals surface area contributed by atoms with Crippen LogP contribution in [-0.2, 0) is 0 Å². The first kappa shape index (κ1) is 7.16. The molecule has 1 heterocycles. The van der Waals surface area contributed by atoms with E-state index in [4.69, 9.17) is 0 Å². The molecule has 1 aromatic heterocycles. The van der Waals surface area contributed by atoms with E-state index in [1.807, 2.05) is 29.1 Å². The molecule has 0 spiro atoms. The van der Waals surface area contributed by atoms with Crippen molar-refractivity contribution in [1.82, 2.24) is 9.78 Å². The van der Waals surface area contributed by atoms with Crippen LogP contribution in [0, 0.1) is 0 Å². The van der Waals surface area contributed by atoms with Gasteiger partial charge in [0.05, 0.1) is 5.69 Å². The molecule has 0 bridgehead atoms. The lowest BCUT2D eigenvalue weighted by molar-refractivity contribution is 0.885. The third-order valence-electron chi connectivity index (χ3n) is 1.87. The van der Waals surface area contributed by atoms with Crippen LogP contribution in [0.4, 0.5) is 0 Å². The fraction of sp³-hybridized carbons (Fsp3) is 0. The molecule has 0 saturated heterocycles. The van der Waals surface area contributed by atoms with Gasteiger partial charge in [0.15, 0.2) is 0 Å². The summed E-state index contributed by atoms with van der Waals surface area (Å²) >= 11 is 0. The lowest BCUT2D eigenvalue weighted by Crippen LogP contribution is -2.11. The van der Waals surface area contributed by atoms with Crippen molar-refractivity contribution in [2.24, 2.45) is 0 Å². The minimum absolute atomic E-state index is 1.14. The van der Waals surface area contributed by atoms with Gasteiger partial charge in [0.25, 0.3) is 0 Å². The molecular weight excluding hydrogens is 147 g/mol. The maximum Gasteiger partial charge on any atom is 0.142 e. The van der Waals surface area contributed by atoms with E-state index in [1.54, 1.807) is 6.20 Å². The van der Waals surface area contributed by atoms with E-state index in [-0.39, 0.29) is 0 Å². The summed E-state index contributed by atoms with van der Waals surface area (Å²) < 4.78 is 1.87. The molecule has 0 radical (unpaired) electrons. The quantitative estimate of drug-likeness (QED) is 0.536. The van der Waals surface area contributed by atoms with Crippen molar-refractivity contribution >= 4 is 13.3 Å². The van der Waals surface area contributed by atoms with Crippen LogP contribution in [-0.4, -0.2) is 17.6 Å². The number of hydrogen-bond acceptors (Lipinski definition) is 1. The Bertz CT molecular complexity index is 368. The van der Waals surface area contributed by atoms with Gasteiger partial charge < -0.3 is 0 Å². The van der Waals surface area contributed by atoms with Gasteiger partial charge in [0.2, 0.25) is 0 Å². The first-order valence-corrected chi connectivity index (χ1v) is 3.93. The van der Waals surface area contributed by atoms with Crippen LogP contribution >= 0.6 is 0 Å². The Morgan fingerprint density at radius 3 is 2.67 bits per heavy atom. The third-order valence-corrected chi connectivity index (χ3v) is 1.87. The second-order valence-corrected chi connectivity index (χ2v) is 2.74. The predicted molar refractivity (Wildman–Crippen MR) is 51.7 cm³/mol. The van der Waals surface area contributed by atoms with Crippen LogP contribution in [0.3, 0.4) is 0 Å². The van der Waals surface area contributed by atoms with Gasteiger partial charge in [0.1, 0.15) is 7.85 Å². The van der Waals surface area contributed by atoms with Gasteiger partial charge >= 0.3 is 0 Å². The molecule has 3 heteroatoms. The van der Waals surface area contributed by atoms with E-state index in [9.17, 15) is 0 Å². The van der Waals surface area contributed by atoms with Crippen LogP contribution in [0.15, 0.2) is 42.7 Å². The molecule has 0 amide bonds. The molecule has 58 valence electrons. The van der Waals surface area contributed by atoms with Crippen LogP contribution in [0.1, 0.15) is 0 Å². The van der Waals surface area contributed by atoms with Crippen molar-refractivity contribution in [3.8, 4) is 5.69 Å². The van der Waals surface area contributed by atoms with E-state index in [1.165, 1.54) is 5.46 Å². The Labute approximate surface area is 72.2 Å². The fourth-order valence-corrected chi connectivity index (χ4v) is 1.23. The highest BCUT2D eigenvalue weighted by atomic mass is 15.3. The van der Waals surface area contributed by atoms with Crippen LogP contribution in [0.2, 0.25) is 0 Å². The van der Waals surface area contributed by atoms with Crippen molar-refractivity contribution in [1.29, 1.82) is 0 Å². The van der Waals surface area contributed by atoms with Gasteiger partial charge in [-0.25, -0.2) is 4.68 Å². The van der Waals surface area contributed by atoms with Crippen LogP contribution in [0.5, 0.6) is 0 Å². The zero-order valence-corrected chi connectivity index (χ0v) is 6.94. The van der Waals surface area contributed by atoms with Gasteiger partial charge in [-0.3, -0.25) is 0 Å². The molecule has 2 nitrogen and oxygen atoms in total. The summed E-state index contributed by atoms with van der Waals surface area (Å²) in [5.74, 6) is 0. The normalized spacial score (nSPS) is 10.0. The van der Waals surface area contributed by atoms with Crippen LogP contribution in [0.25, 0.3) is 5.69 Å². The molecule has 0 unspecified atom stereocenters. The molecule has 0 aliphatic carbocycles. The van der Waals surface area contributed by atoms with Crippen molar-refractivity contribution in [2.45, 2.75) is 0 Å². The maximum atomic E-state index is 4.16. The van der Waals surface area contributed by atoms with Gasteiger partial charge in [-0.05, 0) is 12.1 Å². The SMILES string of the molecule is Bc1ccccc1-n1cccn1. The van der Waals surface area contributed by atoms with Gasteiger partial charge in [0, 0.05) is 12.4 Å². The highest BCUT2D eigenvalue weighted by Crippen LogP contribution is 2.00. The molecule has 0 N–H and O–H groups in total. The van der Waals surface area contributed by atoms with Crippen molar-refractivity contribution in [3.63, 3.8) is 0 Å². The summed E-state index contributed by atoms with van der Waals surface area (Å²) in [6.07, 6.45) is 3.73. The van der Waals surface area contributed by atoms with Gasteiger partial charge in [-0.2, -0.15) is 5.10 Å². The summed E-state index contributed by atoms with van der Waals surface area (Å²) in [6, 6.07) is 10.1. The Morgan fingerprint density at radius 1 is 1.17 bits per heavy atom. The number of nitrogens with zero attached hydrogens (tertiary/aromatic N) is 2. The van der Waals surface area contributed by atoms with E-state index < -0.39 is 0 Å². The van der Waals surface area contributed by atoms with Gasteiger partial charge in [-0.1, -0.05) is 23.7 Å². The Morgan fingerprint density at radius 2 is 2.00 bits per heavy atom. The molecule has 0 saturated carbocycles. The minimum atomic E-state index is 1.14. The Hall–Kier alpha value is -1.51. The highest BCUT2D eigenvalue weighted by molar-refractivity contribution is 6.34. The van der Waals surface area contributed by atoms with E-state index in [0.29, 0.717) is 0 Å². The third kappa shape index (κ3) is 1.14. The van der Waals surface area contributed by atoms with E-state index >= 15 is 0 Å². The highest BCUT2D eigenvalue weighted by Gasteiger charge is 1.97. The first-order valence-electron chi connectivity index (χ1n) is 3.93. The number of rotatable bonds is 1. The number of aromatic nitrogens is 2. The molecule has 0 fully saturated rings. The molecule has 0 aliphatic heterocycles. The number of para-hydroxylation sites is 1. The second kappa shape index (κ2) is 2.85. The minimum Gasteiger partial charge on any atom is -0.242 e. The van der Waals surface area contributed by atoms with Crippen LogP contribution < -0.4 is 5.46 Å². The standard InChI is InChI=1S/C9H9BN2/c10-8-4-1-2-5-9(8)12-7-3-6-11-12/h1-7H,10H2. The first-order chi connectivity index (χ1) is 5.88. The fourth-order valence-electron chi connectivity index (χ4n) is 1.23. The molecule has 2 rings (SSSR count). The van der Waals surface area contributed by atoms with Crippen molar-refractivity contribution < 1.29 is 0 Å². The lowest BCUT2D eigenvalue weighted by atomic mass is 9.94. The lowest BCUT2D eigenvalue weighted by Gasteiger charge is -2.03. The molecule has 1 aromatic carbocycles. The summed E-state index contributed by atoms with van der Waals surface area (Å²) in [6.45, 7) is 0. The smallest absolute Gasteiger partial charge is 0.142 e. The maximum absolute atomic E-state index is 4.16.